The molecule has 1 aliphatic heterocycles. The SMILES string of the molecule is C=C1C(=O)O[C@H]2C[C@@](C)(O)C3=CC[C@@](C)(O)[C@@H]3C[C@H]12. The van der Waals surface area contributed by atoms with Crippen LogP contribution in [0.3, 0.4) is 0 Å². The summed E-state index contributed by atoms with van der Waals surface area (Å²) in [5, 5.41) is 21.2. The van der Waals surface area contributed by atoms with Crippen LogP contribution in [-0.4, -0.2) is 33.5 Å². The van der Waals surface area contributed by atoms with Gasteiger partial charge in [0.25, 0.3) is 0 Å². The standard InChI is InChI=1S/C15H20O4/c1-8-9-6-11-10(4-5-14(11,2)17)15(3,18)7-12(9)19-13(8)16/h4,9,11-12,17-18H,1,5-7H2,2-3H3/t9-,11-,12+,14-,15-/m1/s1. The molecule has 5 atom stereocenters. The van der Waals surface area contributed by atoms with Crippen molar-refractivity contribution in [2.24, 2.45) is 11.8 Å². The van der Waals surface area contributed by atoms with Gasteiger partial charge in [-0.2, -0.15) is 0 Å². The zero-order valence-corrected chi connectivity index (χ0v) is 11.3. The maximum atomic E-state index is 11.6. The van der Waals surface area contributed by atoms with E-state index in [1.165, 1.54) is 0 Å². The Morgan fingerprint density at radius 3 is 2.79 bits per heavy atom. The van der Waals surface area contributed by atoms with Gasteiger partial charge in [0.2, 0.25) is 0 Å². The summed E-state index contributed by atoms with van der Waals surface area (Å²) < 4.78 is 5.32. The van der Waals surface area contributed by atoms with E-state index in [1.54, 1.807) is 13.8 Å². The molecule has 3 aliphatic rings. The highest BCUT2D eigenvalue weighted by atomic mass is 16.6. The van der Waals surface area contributed by atoms with Gasteiger partial charge in [0.05, 0.1) is 11.2 Å². The molecule has 2 N–H and O–H groups in total. The fraction of sp³-hybridized carbons (Fsp3) is 0.667. The highest BCUT2D eigenvalue weighted by molar-refractivity contribution is 5.90. The van der Waals surface area contributed by atoms with E-state index in [0.29, 0.717) is 24.8 Å². The van der Waals surface area contributed by atoms with E-state index in [4.69, 9.17) is 4.74 Å². The number of hydrogen-bond acceptors (Lipinski definition) is 4. The lowest BCUT2D eigenvalue weighted by atomic mass is 9.78. The van der Waals surface area contributed by atoms with Crippen molar-refractivity contribution in [3.63, 3.8) is 0 Å². The molecule has 2 fully saturated rings. The van der Waals surface area contributed by atoms with Crippen LogP contribution in [0.4, 0.5) is 0 Å². The second-order valence-corrected chi connectivity index (χ2v) is 6.56. The van der Waals surface area contributed by atoms with Crippen molar-refractivity contribution in [3.05, 3.63) is 23.8 Å². The first-order valence-corrected chi connectivity index (χ1v) is 6.77. The second-order valence-electron chi connectivity index (χ2n) is 6.56. The van der Waals surface area contributed by atoms with E-state index in [0.717, 1.165) is 5.57 Å². The summed E-state index contributed by atoms with van der Waals surface area (Å²) in [6.07, 6.45) is 3.15. The van der Waals surface area contributed by atoms with Gasteiger partial charge in [0, 0.05) is 23.8 Å². The van der Waals surface area contributed by atoms with Crippen LogP contribution in [0.5, 0.6) is 0 Å². The zero-order valence-electron chi connectivity index (χ0n) is 11.3. The molecule has 0 radical (unpaired) electrons. The fourth-order valence-corrected chi connectivity index (χ4v) is 3.82. The summed E-state index contributed by atoms with van der Waals surface area (Å²) >= 11 is 0. The molecule has 0 aromatic rings. The lowest BCUT2D eigenvalue weighted by Crippen LogP contribution is -2.37. The molecule has 104 valence electrons. The van der Waals surface area contributed by atoms with Crippen molar-refractivity contribution >= 4 is 5.97 Å². The van der Waals surface area contributed by atoms with Crippen LogP contribution in [0.1, 0.15) is 33.1 Å². The van der Waals surface area contributed by atoms with Crippen LogP contribution >= 0.6 is 0 Å². The lowest BCUT2D eigenvalue weighted by molar-refractivity contribution is -0.140. The van der Waals surface area contributed by atoms with Gasteiger partial charge in [0.15, 0.2) is 0 Å². The van der Waals surface area contributed by atoms with Gasteiger partial charge in [-0.15, -0.1) is 0 Å². The van der Waals surface area contributed by atoms with E-state index in [1.807, 2.05) is 6.08 Å². The summed E-state index contributed by atoms with van der Waals surface area (Å²) in [7, 11) is 0. The summed E-state index contributed by atoms with van der Waals surface area (Å²) in [5.74, 6) is -0.598. The average Bonchev–Trinajstić information content (AvgIpc) is 2.66. The maximum Gasteiger partial charge on any atom is 0.334 e. The third kappa shape index (κ3) is 1.77. The third-order valence-electron chi connectivity index (χ3n) is 4.99. The van der Waals surface area contributed by atoms with Crippen molar-refractivity contribution in [2.75, 3.05) is 0 Å². The van der Waals surface area contributed by atoms with Gasteiger partial charge in [-0.3, -0.25) is 0 Å². The average molecular weight is 264 g/mol. The molecule has 0 amide bonds. The molecular weight excluding hydrogens is 244 g/mol. The Kier molecular flexibility index (Phi) is 2.51. The number of carbonyl (C=O) groups is 1. The monoisotopic (exact) mass is 264 g/mol. The van der Waals surface area contributed by atoms with E-state index < -0.39 is 11.2 Å². The second kappa shape index (κ2) is 3.70. The maximum absolute atomic E-state index is 11.6. The Hall–Kier alpha value is -1.13. The fourth-order valence-electron chi connectivity index (χ4n) is 3.82. The Bertz CT molecular complexity index is 486. The van der Waals surface area contributed by atoms with E-state index in [2.05, 4.69) is 6.58 Å². The molecule has 0 unspecified atom stereocenters. The normalized spacial score (nSPS) is 49.3. The minimum atomic E-state index is -1.03. The highest BCUT2D eigenvalue weighted by Crippen LogP contribution is 2.51. The van der Waals surface area contributed by atoms with Gasteiger partial charge in [0.1, 0.15) is 6.10 Å². The summed E-state index contributed by atoms with van der Waals surface area (Å²) in [4.78, 5) is 11.6. The minimum absolute atomic E-state index is 0.0977. The molecule has 19 heavy (non-hydrogen) atoms. The highest BCUT2D eigenvalue weighted by Gasteiger charge is 2.54. The summed E-state index contributed by atoms with van der Waals surface area (Å²) in [6, 6.07) is 0. The van der Waals surface area contributed by atoms with Crippen LogP contribution in [0.15, 0.2) is 23.8 Å². The van der Waals surface area contributed by atoms with Crippen molar-refractivity contribution in [2.45, 2.75) is 50.4 Å². The van der Waals surface area contributed by atoms with Crippen LogP contribution in [0.2, 0.25) is 0 Å². The first-order valence-electron chi connectivity index (χ1n) is 6.77. The van der Waals surface area contributed by atoms with Crippen LogP contribution in [0, 0.1) is 11.8 Å². The topological polar surface area (TPSA) is 66.8 Å². The van der Waals surface area contributed by atoms with Crippen molar-refractivity contribution in [3.8, 4) is 0 Å². The van der Waals surface area contributed by atoms with Crippen molar-refractivity contribution < 1.29 is 19.7 Å². The van der Waals surface area contributed by atoms with E-state index in [-0.39, 0.29) is 23.9 Å². The molecule has 1 saturated carbocycles. The van der Waals surface area contributed by atoms with Gasteiger partial charge in [-0.25, -0.2) is 4.79 Å². The molecule has 0 aromatic carbocycles. The number of fused-ring (bicyclic) bond motifs is 2. The Morgan fingerprint density at radius 2 is 2.11 bits per heavy atom. The molecule has 0 aromatic heterocycles. The molecule has 2 aliphatic carbocycles. The lowest BCUT2D eigenvalue weighted by Gasteiger charge is -2.33. The number of hydrogen-bond donors (Lipinski definition) is 2. The number of aliphatic hydroxyl groups is 2. The molecular formula is C15H20O4. The Balaban J connectivity index is 2.02. The van der Waals surface area contributed by atoms with Crippen molar-refractivity contribution in [1.29, 1.82) is 0 Å². The van der Waals surface area contributed by atoms with E-state index >= 15 is 0 Å². The van der Waals surface area contributed by atoms with E-state index in [9.17, 15) is 15.0 Å². The van der Waals surface area contributed by atoms with Gasteiger partial charge >= 0.3 is 5.97 Å². The number of carbonyl (C=O) groups excluding carboxylic acids is 1. The molecule has 0 bridgehead atoms. The number of esters is 1. The number of ether oxygens (including phenoxy) is 1. The number of rotatable bonds is 0. The third-order valence-corrected chi connectivity index (χ3v) is 4.99. The molecule has 0 spiro atoms. The van der Waals surface area contributed by atoms with Gasteiger partial charge < -0.3 is 14.9 Å². The quantitative estimate of drug-likeness (QED) is 0.393. The molecule has 4 nitrogen and oxygen atoms in total. The molecule has 1 saturated heterocycles. The summed E-state index contributed by atoms with van der Waals surface area (Å²) in [5.41, 5.74) is -0.532. The van der Waals surface area contributed by atoms with Gasteiger partial charge in [-0.05, 0) is 32.3 Å². The Morgan fingerprint density at radius 1 is 1.42 bits per heavy atom. The predicted octanol–water partition coefficient (Wildman–Crippen LogP) is 1.33. The smallest absolute Gasteiger partial charge is 0.334 e. The van der Waals surface area contributed by atoms with Crippen LogP contribution in [0.25, 0.3) is 0 Å². The van der Waals surface area contributed by atoms with Crippen LogP contribution < -0.4 is 0 Å². The Labute approximate surface area is 112 Å². The largest absolute Gasteiger partial charge is 0.458 e. The zero-order chi connectivity index (χ0) is 14.0. The minimum Gasteiger partial charge on any atom is -0.458 e. The van der Waals surface area contributed by atoms with Crippen LogP contribution in [-0.2, 0) is 9.53 Å². The molecule has 4 heteroatoms. The van der Waals surface area contributed by atoms with Gasteiger partial charge in [-0.1, -0.05) is 12.7 Å². The van der Waals surface area contributed by atoms with Crippen molar-refractivity contribution in [1.82, 2.24) is 0 Å². The molecule has 1 heterocycles. The predicted molar refractivity (Wildman–Crippen MR) is 69.2 cm³/mol. The first-order chi connectivity index (χ1) is 8.72. The summed E-state index contributed by atoms with van der Waals surface area (Å²) in [6.45, 7) is 7.34. The molecule has 3 rings (SSSR count). The first kappa shape index (κ1) is 12.9.